The molecule has 2 unspecified atom stereocenters. The predicted octanol–water partition coefficient (Wildman–Crippen LogP) is 3.21. The number of carbonyl (C=O) groups is 1. The van der Waals surface area contributed by atoms with Crippen molar-refractivity contribution in [3.8, 4) is 5.75 Å². The van der Waals surface area contributed by atoms with Gasteiger partial charge in [-0.15, -0.1) is 0 Å². The van der Waals surface area contributed by atoms with Crippen molar-refractivity contribution >= 4 is 17.6 Å². The Bertz CT molecular complexity index is 675. The number of aliphatic hydroxyl groups is 2. The van der Waals surface area contributed by atoms with E-state index < -0.39 is 18.2 Å². The van der Waals surface area contributed by atoms with Gasteiger partial charge < -0.3 is 24.8 Å². The molecule has 7 heteroatoms. The van der Waals surface area contributed by atoms with Crippen LogP contribution in [0.4, 0.5) is 0 Å². The number of aliphatic hydroxyl groups excluding tert-OH is 2. The maximum atomic E-state index is 10.5. The largest absolute Gasteiger partial charge is 0.491 e. The highest BCUT2D eigenvalue weighted by molar-refractivity contribution is 6.30. The number of aliphatic carboxylic acids is 1. The molecule has 2 rings (SSSR count). The zero-order valence-corrected chi connectivity index (χ0v) is 16.4. The highest BCUT2D eigenvalue weighted by Gasteiger charge is 2.33. The number of halogens is 1. The molecule has 0 amide bonds. The Morgan fingerprint density at radius 1 is 1.39 bits per heavy atom. The summed E-state index contributed by atoms with van der Waals surface area (Å²) in [5.74, 6) is -0.317. The third-order valence-electron chi connectivity index (χ3n) is 4.45. The lowest BCUT2D eigenvalue weighted by Gasteiger charge is -2.16. The SMILES string of the molecule is O=C(O)CCC/C=C\C[C@H]1C(O)CO[C@@H]1/C=C/C(O)COc1cccc(Cl)c1. The van der Waals surface area contributed by atoms with Crippen molar-refractivity contribution in [2.24, 2.45) is 5.92 Å². The Balaban J connectivity index is 1.76. The second-order valence-electron chi connectivity index (χ2n) is 6.74. The molecular weight excluding hydrogens is 384 g/mol. The van der Waals surface area contributed by atoms with E-state index in [1.165, 1.54) is 0 Å². The minimum absolute atomic E-state index is 0.0836. The fourth-order valence-corrected chi connectivity index (χ4v) is 3.12. The number of rotatable bonds is 11. The van der Waals surface area contributed by atoms with Crippen molar-refractivity contribution in [1.82, 2.24) is 0 Å². The van der Waals surface area contributed by atoms with E-state index in [9.17, 15) is 15.0 Å². The maximum Gasteiger partial charge on any atom is 0.303 e. The molecule has 1 aromatic carbocycles. The van der Waals surface area contributed by atoms with Gasteiger partial charge in [0, 0.05) is 17.4 Å². The van der Waals surface area contributed by atoms with Gasteiger partial charge in [-0.1, -0.05) is 42.0 Å². The van der Waals surface area contributed by atoms with Gasteiger partial charge in [-0.3, -0.25) is 4.79 Å². The van der Waals surface area contributed by atoms with E-state index in [1.807, 2.05) is 12.2 Å². The van der Waals surface area contributed by atoms with Crippen LogP contribution in [0.3, 0.4) is 0 Å². The lowest BCUT2D eigenvalue weighted by atomic mass is 9.94. The predicted molar refractivity (Wildman–Crippen MR) is 107 cm³/mol. The molecule has 1 aliphatic rings. The Morgan fingerprint density at radius 3 is 2.96 bits per heavy atom. The molecular formula is C21H27ClO6. The third-order valence-corrected chi connectivity index (χ3v) is 4.69. The molecule has 0 radical (unpaired) electrons. The van der Waals surface area contributed by atoms with Gasteiger partial charge in [-0.2, -0.15) is 0 Å². The summed E-state index contributed by atoms with van der Waals surface area (Å²) >= 11 is 5.89. The van der Waals surface area contributed by atoms with Crippen LogP contribution in [0.5, 0.6) is 5.75 Å². The Morgan fingerprint density at radius 2 is 2.21 bits per heavy atom. The van der Waals surface area contributed by atoms with Gasteiger partial charge in [0.2, 0.25) is 0 Å². The van der Waals surface area contributed by atoms with Crippen LogP contribution in [0.1, 0.15) is 25.7 Å². The molecule has 28 heavy (non-hydrogen) atoms. The Kier molecular flexibility index (Phi) is 9.50. The summed E-state index contributed by atoms with van der Waals surface area (Å²) in [6, 6.07) is 6.95. The van der Waals surface area contributed by atoms with Crippen molar-refractivity contribution in [2.75, 3.05) is 13.2 Å². The van der Waals surface area contributed by atoms with E-state index in [0.717, 1.165) is 0 Å². The van der Waals surface area contributed by atoms with Gasteiger partial charge in [0.15, 0.2) is 0 Å². The van der Waals surface area contributed by atoms with Crippen LogP contribution < -0.4 is 4.74 Å². The molecule has 0 saturated carbocycles. The zero-order valence-electron chi connectivity index (χ0n) is 15.6. The summed E-state index contributed by atoms with van der Waals surface area (Å²) in [4.78, 5) is 10.5. The van der Waals surface area contributed by atoms with Crippen LogP contribution in [0.25, 0.3) is 0 Å². The van der Waals surface area contributed by atoms with Crippen molar-refractivity contribution in [1.29, 1.82) is 0 Å². The van der Waals surface area contributed by atoms with Gasteiger partial charge >= 0.3 is 5.97 Å². The van der Waals surface area contributed by atoms with Crippen LogP contribution in [0.15, 0.2) is 48.6 Å². The second-order valence-corrected chi connectivity index (χ2v) is 7.18. The standard InChI is InChI=1S/C21H27ClO6/c22-15-6-5-7-17(12-15)27-13-16(23)10-11-20-18(19(24)14-28-20)8-3-1-2-4-9-21(25)26/h1,3,5-7,10-12,16,18-20,23-24H,2,4,8-9,13-14H2,(H,25,26)/b3-1-,11-10+/t16?,18-,19?,20+/m0/s1. The summed E-state index contributed by atoms with van der Waals surface area (Å²) in [7, 11) is 0. The van der Waals surface area contributed by atoms with Gasteiger partial charge in [0.25, 0.3) is 0 Å². The number of carboxylic acid groups (broad SMARTS) is 1. The van der Waals surface area contributed by atoms with Crippen molar-refractivity contribution < 1.29 is 29.6 Å². The molecule has 4 atom stereocenters. The number of hydrogen-bond acceptors (Lipinski definition) is 5. The highest BCUT2D eigenvalue weighted by atomic mass is 35.5. The molecule has 154 valence electrons. The van der Waals surface area contributed by atoms with Crippen molar-refractivity contribution in [2.45, 2.75) is 44.0 Å². The number of benzene rings is 1. The summed E-state index contributed by atoms with van der Waals surface area (Å²) in [6.07, 6.45) is 7.63. The number of unbranched alkanes of at least 4 members (excludes halogenated alkanes) is 1. The average molecular weight is 411 g/mol. The van der Waals surface area contributed by atoms with Crippen LogP contribution in [-0.4, -0.2) is 52.8 Å². The summed E-state index contributed by atoms with van der Waals surface area (Å²) < 4.78 is 11.1. The first-order valence-corrected chi connectivity index (χ1v) is 9.74. The van der Waals surface area contributed by atoms with Gasteiger partial charge in [0.1, 0.15) is 18.5 Å². The van der Waals surface area contributed by atoms with E-state index in [2.05, 4.69) is 0 Å². The lowest BCUT2D eigenvalue weighted by Crippen LogP contribution is -2.23. The minimum atomic E-state index is -0.812. The molecule has 0 bridgehead atoms. The van der Waals surface area contributed by atoms with E-state index >= 15 is 0 Å². The molecule has 1 fully saturated rings. The smallest absolute Gasteiger partial charge is 0.303 e. The van der Waals surface area contributed by atoms with Gasteiger partial charge in [-0.05, 0) is 37.5 Å². The van der Waals surface area contributed by atoms with Crippen molar-refractivity contribution in [3.05, 3.63) is 53.6 Å². The minimum Gasteiger partial charge on any atom is -0.491 e. The number of carboxylic acids is 1. The number of allylic oxidation sites excluding steroid dienone is 2. The molecule has 1 saturated heterocycles. The van der Waals surface area contributed by atoms with Gasteiger partial charge in [-0.25, -0.2) is 0 Å². The molecule has 0 aromatic heterocycles. The molecule has 1 aromatic rings. The molecule has 6 nitrogen and oxygen atoms in total. The first-order chi connectivity index (χ1) is 13.5. The third kappa shape index (κ3) is 8.02. The fourth-order valence-electron chi connectivity index (χ4n) is 2.94. The first-order valence-electron chi connectivity index (χ1n) is 9.37. The molecule has 1 heterocycles. The van der Waals surface area contributed by atoms with Gasteiger partial charge in [0.05, 0.1) is 18.8 Å². The van der Waals surface area contributed by atoms with E-state index in [4.69, 9.17) is 26.2 Å². The van der Waals surface area contributed by atoms with Crippen LogP contribution in [0.2, 0.25) is 5.02 Å². The molecule has 3 N–H and O–H groups in total. The second kappa shape index (κ2) is 11.9. The fraction of sp³-hybridized carbons (Fsp3) is 0.476. The quantitative estimate of drug-likeness (QED) is 0.383. The summed E-state index contributed by atoms with van der Waals surface area (Å²) in [5.41, 5.74) is 0. The maximum absolute atomic E-state index is 10.5. The zero-order chi connectivity index (χ0) is 20.4. The van der Waals surface area contributed by atoms with E-state index in [0.29, 0.717) is 30.0 Å². The topological polar surface area (TPSA) is 96.2 Å². The van der Waals surface area contributed by atoms with E-state index in [-0.39, 0.29) is 31.7 Å². The monoisotopic (exact) mass is 410 g/mol. The molecule has 0 spiro atoms. The molecule has 1 aliphatic heterocycles. The first kappa shape index (κ1) is 22.4. The number of hydrogen-bond donors (Lipinski definition) is 3. The van der Waals surface area contributed by atoms with Crippen LogP contribution in [0, 0.1) is 5.92 Å². The van der Waals surface area contributed by atoms with Crippen LogP contribution in [-0.2, 0) is 9.53 Å². The number of ether oxygens (including phenoxy) is 2. The van der Waals surface area contributed by atoms with Crippen molar-refractivity contribution in [3.63, 3.8) is 0 Å². The van der Waals surface area contributed by atoms with E-state index in [1.54, 1.807) is 36.4 Å². The molecule has 0 aliphatic carbocycles. The summed E-state index contributed by atoms with van der Waals surface area (Å²) in [5, 5.41) is 29.4. The normalized spacial score (nSPS) is 23.5. The highest BCUT2D eigenvalue weighted by Crippen LogP contribution is 2.26. The average Bonchev–Trinajstić information content (AvgIpc) is 3.01. The van der Waals surface area contributed by atoms with Crippen LogP contribution >= 0.6 is 11.6 Å². The Labute approximate surface area is 170 Å². The summed E-state index contributed by atoms with van der Waals surface area (Å²) in [6.45, 7) is 0.335. The Hall–Kier alpha value is -1.86. The lowest BCUT2D eigenvalue weighted by molar-refractivity contribution is -0.137.